The van der Waals surface area contributed by atoms with Gasteiger partial charge in [0.15, 0.2) is 0 Å². The lowest BCUT2D eigenvalue weighted by Gasteiger charge is -2.12. The molecule has 0 fully saturated rings. The Morgan fingerprint density at radius 1 is 1.22 bits per heavy atom. The fraction of sp³-hybridized carbons (Fsp3) is 0.143. The molecule has 0 radical (unpaired) electrons. The summed E-state index contributed by atoms with van der Waals surface area (Å²) in [5.41, 5.74) is 9.76. The number of aryl methyl sites for hydroxylation is 2. The lowest BCUT2D eigenvalue weighted by atomic mass is 10.1. The average Bonchev–Trinajstić information content (AvgIpc) is 2.34. The van der Waals surface area contributed by atoms with Gasteiger partial charge in [-0.25, -0.2) is 0 Å². The van der Waals surface area contributed by atoms with Crippen LogP contribution in [0.2, 0.25) is 0 Å². The molecule has 0 atom stereocenters. The average molecular weight is 241 g/mol. The summed E-state index contributed by atoms with van der Waals surface area (Å²) in [5, 5.41) is 2.83. The molecule has 0 saturated carbocycles. The van der Waals surface area contributed by atoms with Crippen molar-refractivity contribution in [2.45, 2.75) is 13.8 Å². The molecule has 2 aromatic rings. The SMILES string of the molecule is Cc1cc(C)c(NC(=O)c2ccncc2)c(N)c1. The number of hydrogen-bond acceptors (Lipinski definition) is 3. The van der Waals surface area contributed by atoms with Gasteiger partial charge in [0.05, 0.1) is 11.4 Å². The molecule has 1 aromatic heterocycles. The highest BCUT2D eigenvalue weighted by Crippen LogP contribution is 2.25. The summed E-state index contributed by atoms with van der Waals surface area (Å²) < 4.78 is 0. The third-order valence-corrected chi connectivity index (χ3v) is 2.69. The molecule has 18 heavy (non-hydrogen) atoms. The monoisotopic (exact) mass is 241 g/mol. The summed E-state index contributed by atoms with van der Waals surface area (Å²) in [4.78, 5) is 15.9. The lowest BCUT2D eigenvalue weighted by Crippen LogP contribution is -2.14. The number of hydrogen-bond donors (Lipinski definition) is 2. The number of anilines is 2. The number of nitrogen functional groups attached to an aromatic ring is 1. The molecule has 3 N–H and O–H groups in total. The van der Waals surface area contributed by atoms with E-state index in [4.69, 9.17) is 5.73 Å². The van der Waals surface area contributed by atoms with E-state index in [2.05, 4.69) is 10.3 Å². The highest BCUT2D eigenvalue weighted by Gasteiger charge is 2.10. The second-order valence-electron chi connectivity index (χ2n) is 4.24. The highest BCUT2D eigenvalue weighted by atomic mass is 16.1. The van der Waals surface area contributed by atoms with Gasteiger partial charge in [-0.05, 0) is 43.2 Å². The van der Waals surface area contributed by atoms with E-state index in [1.165, 1.54) is 0 Å². The maximum absolute atomic E-state index is 12.0. The van der Waals surface area contributed by atoms with Crippen molar-refractivity contribution < 1.29 is 4.79 Å². The molecule has 0 saturated heterocycles. The first kappa shape index (κ1) is 12.1. The molecule has 0 aliphatic heterocycles. The molecule has 1 amide bonds. The van der Waals surface area contributed by atoms with Gasteiger partial charge in [0.1, 0.15) is 0 Å². The first-order valence-electron chi connectivity index (χ1n) is 5.66. The Hall–Kier alpha value is -2.36. The van der Waals surface area contributed by atoms with Crippen LogP contribution < -0.4 is 11.1 Å². The van der Waals surface area contributed by atoms with Crippen molar-refractivity contribution in [3.8, 4) is 0 Å². The molecule has 0 spiro atoms. The van der Waals surface area contributed by atoms with Crippen molar-refractivity contribution in [3.05, 3.63) is 53.3 Å². The number of carbonyl (C=O) groups excluding carboxylic acids is 1. The topological polar surface area (TPSA) is 68.0 Å². The summed E-state index contributed by atoms with van der Waals surface area (Å²) in [6.45, 7) is 3.89. The zero-order valence-electron chi connectivity index (χ0n) is 10.4. The zero-order valence-corrected chi connectivity index (χ0v) is 10.4. The molecule has 1 aromatic carbocycles. The Bertz CT molecular complexity index is 556. The van der Waals surface area contributed by atoms with E-state index in [0.717, 1.165) is 11.1 Å². The maximum atomic E-state index is 12.0. The van der Waals surface area contributed by atoms with Gasteiger partial charge < -0.3 is 11.1 Å². The fourth-order valence-electron chi connectivity index (χ4n) is 1.86. The highest BCUT2D eigenvalue weighted by molar-refractivity contribution is 6.06. The summed E-state index contributed by atoms with van der Waals surface area (Å²) in [6.07, 6.45) is 3.17. The molecule has 92 valence electrons. The predicted molar refractivity (Wildman–Crippen MR) is 72.5 cm³/mol. The minimum Gasteiger partial charge on any atom is -0.397 e. The summed E-state index contributed by atoms with van der Waals surface area (Å²) in [7, 11) is 0. The summed E-state index contributed by atoms with van der Waals surface area (Å²) in [5.74, 6) is -0.184. The number of pyridine rings is 1. The van der Waals surface area contributed by atoms with E-state index >= 15 is 0 Å². The molecular weight excluding hydrogens is 226 g/mol. The molecule has 0 aliphatic carbocycles. The fourth-order valence-corrected chi connectivity index (χ4v) is 1.86. The Kier molecular flexibility index (Phi) is 3.28. The standard InChI is InChI=1S/C14H15N3O/c1-9-7-10(2)13(12(15)8-9)17-14(18)11-3-5-16-6-4-11/h3-8H,15H2,1-2H3,(H,17,18). The van der Waals surface area contributed by atoms with Gasteiger partial charge in [-0.15, -0.1) is 0 Å². The summed E-state index contributed by atoms with van der Waals surface area (Å²) in [6, 6.07) is 7.15. The largest absolute Gasteiger partial charge is 0.397 e. The Labute approximate surface area is 106 Å². The maximum Gasteiger partial charge on any atom is 0.255 e. The molecule has 0 unspecified atom stereocenters. The van der Waals surface area contributed by atoms with Crippen molar-refractivity contribution in [2.24, 2.45) is 0 Å². The van der Waals surface area contributed by atoms with Crippen LogP contribution >= 0.6 is 0 Å². The number of amides is 1. The number of rotatable bonds is 2. The number of nitrogens with zero attached hydrogens (tertiary/aromatic N) is 1. The second kappa shape index (κ2) is 4.87. The van der Waals surface area contributed by atoms with E-state index in [1.807, 2.05) is 26.0 Å². The normalized spacial score (nSPS) is 10.1. The van der Waals surface area contributed by atoms with Crippen LogP contribution in [-0.2, 0) is 0 Å². The third-order valence-electron chi connectivity index (χ3n) is 2.69. The first-order chi connectivity index (χ1) is 8.58. The number of nitrogens with two attached hydrogens (primary N) is 1. The first-order valence-corrected chi connectivity index (χ1v) is 5.66. The van der Waals surface area contributed by atoms with Crippen LogP contribution in [0.25, 0.3) is 0 Å². The third kappa shape index (κ3) is 2.48. The Morgan fingerprint density at radius 3 is 2.50 bits per heavy atom. The van der Waals surface area contributed by atoms with Crippen molar-refractivity contribution in [3.63, 3.8) is 0 Å². The van der Waals surface area contributed by atoms with Crippen LogP contribution in [0.15, 0.2) is 36.7 Å². The van der Waals surface area contributed by atoms with Crippen LogP contribution in [0, 0.1) is 13.8 Å². The van der Waals surface area contributed by atoms with Crippen LogP contribution in [0.1, 0.15) is 21.5 Å². The van der Waals surface area contributed by atoms with E-state index in [-0.39, 0.29) is 5.91 Å². The van der Waals surface area contributed by atoms with Gasteiger partial charge in [0, 0.05) is 18.0 Å². The van der Waals surface area contributed by atoms with Gasteiger partial charge >= 0.3 is 0 Å². The van der Waals surface area contributed by atoms with Crippen LogP contribution in [-0.4, -0.2) is 10.9 Å². The minimum absolute atomic E-state index is 0.184. The van der Waals surface area contributed by atoms with Gasteiger partial charge in [-0.3, -0.25) is 9.78 Å². The zero-order chi connectivity index (χ0) is 13.1. The molecule has 0 bridgehead atoms. The molecule has 0 aliphatic rings. The van der Waals surface area contributed by atoms with Crippen LogP contribution in [0.4, 0.5) is 11.4 Å². The van der Waals surface area contributed by atoms with E-state index in [1.54, 1.807) is 24.5 Å². The summed E-state index contributed by atoms with van der Waals surface area (Å²) >= 11 is 0. The Balaban J connectivity index is 2.28. The minimum atomic E-state index is -0.184. The molecule has 1 heterocycles. The van der Waals surface area contributed by atoms with Crippen molar-refractivity contribution in [2.75, 3.05) is 11.1 Å². The van der Waals surface area contributed by atoms with Gasteiger partial charge in [-0.1, -0.05) is 6.07 Å². The van der Waals surface area contributed by atoms with Crippen molar-refractivity contribution >= 4 is 17.3 Å². The van der Waals surface area contributed by atoms with Gasteiger partial charge in [-0.2, -0.15) is 0 Å². The molecule has 4 nitrogen and oxygen atoms in total. The second-order valence-corrected chi connectivity index (χ2v) is 4.24. The van der Waals surface area contributed by atoms with E-state index < -0.39 is 0 Å². The molecule has 4 heteroatoms. The van der Waals surface area contributed by atoms with Crippen LogP contribution in [0.3, 0.4) is 0 Å². The van der Waals surface area contributed by atoms with Crippen molar-refractivity contribution in [1.29, 1.82) is 0 Å². The number of nitrogens with one attached hydrogen (secondary N) is 1. The molecular formula is C14H15N3O. The molecule has 2 rings (SSSR count). The smallest absolute Gasteiger partial charge is 0.255 e. The Morgan fingerprint density at radius 2 is 1.89 bits per heavy atom. The predicted octanol–water partition coefficient (Wildman–Crippen LogP) is 2.53. The van der Waals surface area contributed by atoms with Crippen molar-refractivity contribution in [1.82, 2.24) is 4.98 Å². The lowest BCUT2D eigenvalue weighted by molar-refractivity contribution is 0.102. The van der Waals surface area contributed by atoms with E-state index in [0.29, 0.717) is 16.9 Å². The number of benzene rings is 1. The van der Waals surface area contributed by atoms with E-state index in [9.17, 15) is 4.79 Å². The number of carbonyl (C=O) groups is 1. The number of aromatic nitrogens is 1. The van der Waals surface area contributed by atoms with Crippen LogP contribution in [0.5, 0.6) is 0 Å². The van der Waals surface area contributed by atoms with Gasteiger partial charge in [0.25, 0.3) is 5.91 Å². The van der Waals surface area contributed by atoms with Gasteiger partial charge in [0.2, 0.25) is 0 Å². The quantitative estimate of drug-likeness (QED) is 0.794.